The van der Waals surface area contributed by atoms with Gasteiger partial charge < -0.3 is 15.5 Å². The van der Waals surface area contributed by atoms with Gasteiger partial charge in [-0.1, -0.05) is 59.8 Å². The van der Waals surface area contributed by atoms with E-state index in [1.807, 2.05) is 13.0 Å². The highest BCUT2D eigenvalue weighted by atomic mass is 16.6. The first-order valence-corrected chi connectivity index (χ1v) is 11.1. The van der Waals surface area contributed by atoms with Crippen LogP contribution in [-0.4, -0.2) is 47.8 Å². The van der Waals surface area contributed by atoms with Crippen molar-refractivity contribution in [1.82, 2.24) is 14.9 Å². The van der Waals surface area contributed by atoms with Crippen molar-refractivity contribution in [2.24, 2.45) is 5.16 Å². The zero-order valence-electron chi connectivity index (χ0n) is 19.1. The van der Waals surface area contributed by atoms with Crippen molar-refractivity contribution in [2.45, 2.75) is 32.1 Å². The van der Waals surface area contributed by atoms with Crippen LogP contribution in [0.4, 0.5) is 5.95 Å². The Labute approximate surface area is 190 Å². The second-order valence-corrected chi connectivity index (χ2v) is 8.58. The molecule has 1 aliphatic carbocycles. The van der Waals surface area contributed by atoms with Crippen LogP contribution in [0.3, 0.4) is 0 Å². The largest absolute Gasteiger partial charge is 0.396 e. The molecule has 1 aliphatic rings. The first kappa shape index (κ1) is 22.0. The fourth-order valence-corrected chi connectivity index (χ4v) is 4.43. The first-order valence-electron chi connectivity index (χ1n) is 11.1. The van der Waals surface area contributed by atoms with Crippen molar-refractivity contribution in [2.75, 3.05) is 33.0 Å². The van der Waals surface area contributed by atoms with Crippen molar-refractivity contribution in [3.05, 3.63) is 77.1 Å². The van der Waals surface area contributed by atoms with Crippen molar-refractivity contribution in [1.29, 1.82) is 0 Å². The van der Waals surface area contributed by atoms with E-state index >= 15 is 0 Å². The molecule has 1 unspecified atom stereocenters. The van der Waals surface area contributed by atoms with Crippen LogP contribution in [0.15, 0.2) is 59.8 Å². The molecule has 1 atom stereocenters. The monoisotopic (exact) mass is 429 g/mol. The van der Waals surface area contributed by atoms with E-state index in [-0.39, 0.29) is 5.92 Å². The van der Waals surface area contributed by atoms with Crippen LogP contribution in [-0.2, 0) is 11.3 Å². The summed E-state index contributed by atoms with van der Waals surface area (Å²) in [6, 6.07) is 19.1. The number of fused-ring (bicyclic) bond motifs is 1. The van der Waals surface area contributed by atoms with Crippen LogP contribution in [0.2, 0.25) is 0 Å². The molecule has 6 nitrogen and oxygen atoms in total. The van der Waals surface area contributed by atoms with Crippen LogP contribution in [0.25, 0.3) is 11.1 Å². The standard InChI is InChI=1S/C26H31N5O/c1-18-25-23(29-26(27)28-18)16-20(17-24(25)30-32-15-9-14-31(2)3)22-13-8-7-12-21(22)19-10-5-4-6-11-19/h4-8,10-13,20H,9,14-17H2,1-3H3,(H2,27,28,29)/b30-24+. The number of hydrogen-bond donors (Lipinski definition) is 1. The SMILES string of the molecule is Cc1nc(N)nc2c1/C(=N/OCCCN(C)C)CC(c1ccccc1-c1ccccc1)C2. The second-order valence-electron chi connectivity index (χ2n) is 8.58. The average molecular weight is 430 g/mol. The van der Waals surface area contributed by atoms with E-state index in [4.69, 9.17) is 10.6 Å². The Morgan fingerprint density at radius 3 is 2.56 bits per heavy atom. The maximum absolute atomic E-state index is 6.00. The molecule has 0 fully saturated rings. The van der Waals surface area contributed by atoms with Crippen molar-refractivity contribution >= 4 is 11.7 Å². The van der Waals surface area contributed by atoms with E-state index < -0.39 is 0 Å². The van der Waals surface area contributed by atoms with Crippen LogP contribution in [0.1, 0.15) is 41.3 Å². The molecule has 32 heavy (non-hydrogen) atoms. The third kappa shape index (κ3) is 4.97. The number of aromatic nitrogens is 2. The van der Waals surface area contributed by atoms with Gasteiger partial charge in [-0.2, -0.15) is 0 Å². The minimum Gasteiger partial charge on any atom is -0.396 e. The topological polar surface area (TPSA) is 76.6 Å². The molecule has 166 valence electrons. The van der Waals surface area contributed by atoms with E-state index in [1.54, 1.807) is 0 Å². The number of anilines is 1. The zero-order valence-corrected chi connectivity index (χ0v) is 19.1. The third-order valence-corrected chi connectivity index (χ3v) is 5.85. The molecule has 0 amide bonds. The minimum absolute atomic E-state index is 0.233. The normalized spacial score (nSPS) is 16.9. The lowest BCUT2D eigenvalue weighted by molar-refractivity contribution is 0.134. The Kier molecular flexibility index (Phi) is 6.81. The number of benzene rings is 2. The number of hydrogen-bond acceptors (Lipinski definition) is 6. The predicted octanol–water partition coefficient (Wildman–Crippen LogP) is 4.44. The molecule has 1 heterocycles. The quantitative estimate of drug-likeness (QED) is 0.444. The number of aryl methyl sites for hydroxylation is 1. The molecule has 1 aromatic heterocycles. The summed E-state index contributed by atoms with van der Waals surface area (Å²) in [4.78, 5) is 16.9. The highest BCUT2D eigenvalue weighted by Crippen LogP contribution is 2.38. The lowest BCUT2D eigenvalue weighted by atomic mass is 9.78. The fraction of sp³-hybridized carbons (Fsp3) is 0.346. The lowest BCUT2D eigenvalue weighted by Gasteiger charge is -2.28. The molecule has 0 spiro atoms. The Balaban J connectivity index is 1.68. The van der Waals surface area contributed by atoms with Crippen LogP contribution in [0.5, 0.6) is 0 Å². The summed E-state index contributed by atoms with van der Waals surface area (Å²) in [5, 5.41) is 4.57. The fourth-order valence-electron chi connectivity index (χ4n) is 4.43. The smallest absolute Gasteiger partial charge is 0.220 e. The van der Waals surface area contributed by atoms with Gasteiger partial charge in [0.15, 0.2) is 0 Å². The number of rotatable bonds is 7. The Bertz CT molecular complexity index is 1090. The van der Waals surface area contributed by atoms with Gasteiger partial charge in [0, 0.05) is 18.5 Å². The zero-order chi connectivity index (χ0) is 22.5. The highest BCUT2D eigenvalue weighted by molar-refractivity contribution is 6.03. The third-order valence-electron chi connectivity index (χ3n) is 5.85. The van der Waals surface area contributed by atoms with Gasteiger partial charge in [0.2, 0.25) is 5.95 Å². The molecule has 0 saturated carbocycles. The summed E-state index contributed by atoms with van der Waals surface area (Å²) in [6.07, 6.45) is 2.50. The molecule has 2 aromatic carbocycles. The summed E-state index contributed by atoms with van der Waals surface area (Å²) in [5.41, 5.74) is 13.4. The van der Waals surface area contributed by atoms with Gasteiger partial charge in [-0.3, -0.25) is 0 Å². The van der Waals surface area contributed by atoms with Gasteiger partial charge in [0.05, 0.1) is 17.1 Å². The van der Waals surface area contributed by atoms with Crippen molar-refractivity contribution in [3.8, 4) is 11.1 Å². The summed E-state index contributed by atoms with van der Waals surface area (Å²) < 4.78 is 0. The molecule has 4 rings (SSSR count). The molecular formula is C26H31N5O. The maximum atomic E-state index is 6.00. The van der Waals surface area contributed by atoms with E-state index in [1.165, 1.54) is 16.7 Å². The molecule has 3 aromatic rings. The van der Waals surface area contributed by atoms with Gasteiger partial charge in [-0.25, -0.2) is 9.97 Å². The molecule has 0 aliphatic heterocycles. The van der Waals surface area contributed by atoms with E-state index in [0.717, 1.165) is 48.5 Å². The maximum Gasteiger partial charge on any atom is 0.220 e. The summed E-state index contributed by atoms with van der Waals surface area (Å²) >= 11 is 0. The molecule has 6 heteroatoms. The highest BCUT2D eigenvalue weighted by Gasteiger charge is 2.30. The minimum atomic E-state index is 0.233. The van der Waals surface area contributed by atoms with Crippen LogP contribution < -0.4 is 5.73 Å². The average Bonchev–Trinajstić information content (AvgIpc) is 2.78. The molecular weight excluding hydrogens is 398 g/mol. The van der Waals surface area contributed by atoms with Crippen molar-refractivity contribution in [3.63, 3.8) is 0 Å². The number of nitrogen functional groups attached to an aromatic ring is 1. The molecule has 0 bridgehead atoms. The van der Waals surface area contributed by atoms with Gasteiger partial charge >= 0.3 is 0 Å². The predicted molar refractivity (Wildman–Crippen MR) is 130 cm³/mol. The summed E-state index contributed by atoms with van der Waals surface area (Å²) in [6.45, 7) is 3.51. The van der Waals surface area contributed by atoms with Crippen molar-refractivity contribution < 1.29 is 4.84 Å². The van der Waals surface area contributed by atoms with E-state index in [0.29, 0.717) is 12.6 Å². The second kappa shape index (κ2) is 9.92. The molecule has 0 radical (unpaired) electrons. The van der Waals surface area contributed by atoms with E-state index in [2.05, 4.69) is 82.6 Å². The number of nitrogens with zero attached hydrogens (tertiary/aromatic N) is 4. The first-order chi connectivity index (χ1) is 15.5. The summed E-state index contributed by atoms with van der Waals surface area (Å²) in [7, 11) is 4.12. The Morgan fingerprint density at radius 1 is 1.03 bits per heavy atom. The van der Waals surface area contributed by atoms with Crippen LogP contribution >= 0.6 is 0 Å². The molecule has 0 saturated heterocycles. The van der Waals surface area contributed by atoms with Gasteiger partial charge in [0.1, 0.15) is 6.61 Å². The van der Waals surface area contributed by atoms with Gasteiger partial charge in [-0.05, 0) is 56.5 Å². The van der Waals surface area contributed by atoms with Gasteiger partial charge in [0.25, 0.3) is 0 Å². The van der Waals surface area contributed by atoms with Crippen LogP contribution in [0, 0.1) is 6.92 Å². The Morgan fingerprint density at radius 2 is 1.78 bits per heavy atom. The summed E-state index contributed by atoms with van der Waals surface area (Å²) in [5.74, 6) is 0.543. The Hall–Kier alpha value is -3.25. The van der Waals surface area contributed by atoms with Gasteiger partial charge in [-0.15, -0.1) is 0 Å². The molecule has 2 N–H and O–H groups in total. The lowest BCUT2D eigenvalue weighted by Crippen LogP contribution is -2.24. The van der Waals surface area contributed by atoms with E-state index in [9.17, 15) is 0 Å². The number of nitrogens with two attached hydrogens (primary N) is 1. The number of oxime groups is 1.